The van der Waals surface area contributed by atoms with Gasteiger partial charge in [-0.15, -0.1) is 11.8 Å². The van der Waals surface area contributed by atoms with Crippen LogP contribution < -0.4 is 47.7 Å². The molecule has 4 N–H and O–H groups in total. The van der Waals surface area contributed by atoms with Crippen molar-refractivity contribution in [3.8, 4) is 73.0 Å². The second-order valence-corrected chi connectivity index (χ2v) is 33.1. The molecule has 132 heavy (non-hydrogen) atoms. The van der Waals surface area contributed by atoms with E-state index in [0.29, 0.717) is 62.2 Å². The summed E-state index contributed by atoms with van der Waals surface area (Å²) in [7, 11) is 0. The minimum Gasteiger partial charge on any atom is -0.494 e. The molecule has 0 bridgehead atoms. The van der Waals surface area contributed by atoms with Crippen molar-refractivity contribution in [2.24, 2.45) is 0 Å². The van der Waals surface area contributed by atoms with Gasteiger partial charge in [0.1, 0.15) is 50.6 Å². The van der Waals surface area contributed by atoms with Crippen LogP contribution in [0.1, 0.15) is 124 Å². The van der Waals surface area contributed by atoms with Crippen molar-refractivity contribution in [1.29, 1.82) is 0 Å². The van der Waals surface area contributed by atoms with Crippen LogP contribution in [0.2, 0.25) is 10.0 Å². The summed E-state index contributed by atoms with van der Waals surface area (Å²) in [6, 6.07) is 75.3. The van der Waals surface area contributed by atoms with Gasteiger partial charge in [-0.1, -0.05) is 132 Å². The summed E-state index contributed by atoms with van der Waals surface area (Å²) in [4.78, 5) is 150. The number of rotatable bonds is 21. The molecule has 9 aromatic heterocycles. The second-order valence-electron chi connectivity index (χ2n) is 31.4. The van der Waals surface area contributed by atoms with Gasteiger partial charge in [0, 0.05) is 119 Å². The highest BCUT2D eigenvalue weighted by molar-refractivity contribution is 7.98. The van der Waals surface area contributed by atoms with E-state index in [1.807, 2.05) is 211 Å². The van der Waals surface area contributed by atoms with Crippen LogP contribution in [-0.2, 0) is 0 Å². The fourth-order valence-electron chi connectivity index (χ4n) is 14.7. The number of carbonyl (C=O) groups is 6. The topological polar surface area (TPSA) is 312 Å². The molecule has 0 aliphatic rings. The van der Waals surface area contributed by atoms with Gasteiger partial charge >= 0.3 is 0 Å². The Morgan fingerprint density at radius 3 is 0.970 bits per heavy atom. The third-order valence-corrected chi connectivity index (χ3v) is 22.3. The number of hydrogen-bond donors (Lipinski definition) is 4. The van der Waals surface area contributed by atoms with Gasteiger partial charge in [0.05, 0.1) is 43.9 Å². The summed E-state index contributed by atoms with van der Waals surface area (Å²) < 4.78 is 12.7. The molecular formula is C105H89Cl2N13O11S. The highest BCUT2D eigenvalue weighted by Crippen LogP contribution is 2.34. The molecule has 0 spiro atoms. The first-order valence-electron chi connectivity index (χ1n) is 42.2. The molecule has 9 heterocycles. The molecule has 4 amide bonds. The number of fused-ring (bicyclic) bond motifs is 4. The van der Waals surface area contributed by atoms with E-state index in [4.69, 9.17) is 27.9 Å². The molecule has 0 unspecified atom stereocenters. The monoisotopic (exact) mass is 1810 g/mol. The molecule has 27 heteroatoms. The summed E-state index contributed by atoms with van der Waals surface area (Å²) >= 11 is 14.0. The lowest BCUT2D eigenvalue weighted by molar-refractivity contribution is 0.0933. The molecule has 17 aromatic rings. The maximum absolute atomic E-state index is 13.3. The number of ketones is 2. The molecule has 0 aliphatic carbocycles. The Bertz CT molecular complexity index is 7580. The molecule has 0 saturated heterocycles. The van der Waals surface area contributed by atoms with Crippen molar-refractivity contribution in [1.82, 2.24) is 59.1 Å². The summed E-state index contributed by atoms with van der Waals surface area (Å²) in [5.74, 6) is -1.11. The van der Waals surface area contributed by atoms with Gasteiger partial charge in [0.2, 0.25) is 21.7 Å². The van der Waals surface area contributed by atoms with Crippen molar-refractivity contribution < 1.29 is 33.5 Å². The molecule has 0 fully saturated rings. The van der Waals surface area contributed by atoms with Crippen LogP contribution in [0.3, 0.4) is 0 Å². The van der Waals surface area contributed by atoms with Crippen LogP contribution in [0, 0.1) is 0 Å². The number of amides is 4. The predicted octanol–water partition coefficient (Wildman–Crippen LogP) is 20.1. The van der Waals surface area contributed by atoms with Crippen molar-refractivity contribution in [2.45, 2.75) is 85.3 Å². The molecule has 24 nitrogen and oxygen atoms in total. The van der Waals surface area contributed by atoms with Crippen molar-refractivity contribution >= 4 is 120 Å². The van der Waals surface area contributed by atoms with Crippen molar-refractivity contribution in [3.05, 3.63) is 389 Å². The lowest BCUT2D eigenvalue weighted by Crippen LogP contribution is -2.34. The molecule has 0 saturated carbocycles. The van der Waals surface area contributed by atoms with Crippen LogP contribution in [0.5, 0.6) is 5.75 Å². The zero-order valence-electron chi connectivity index (χ0n) is 73.5. The first kappa shape index (κ1) is 92.5. The van der Waals surface area contributed by atoms with Gasteiger partial charge < -0.3 is 44.3 Å². The van der Waals surface area contributed by atoms with E-state index in [1.54, 1.807) is 130 Å². The highest BCUT2D eigenvalue weighted by atomic mass is 35.5. The third kappa shape index (κ3) is 21.2. The van der Waals surface area contributed by atoms with Crippen LogP contribution in [0.4, 0.5) is 5.69 Å². The van der Waals surface area contributed by atoms with Crippen LogP contribution in [-0.4, -0.2) is 109 Å². The Hall–Kier alpha value is -15.7. The standard InChI is InChI=1S/C28H18Cl2N4O3.C26H23N3O3.C26H25N3O3.C25H23N3O2S/c1-16(35)17-5-2-6-18(11-17)19-7-3-8-20(12-19)34-15-22(26(36)21-9-4-10-32-27(21)34)28(37)33-25-23(29)13-31-14-24(25)30;1-16(2)28-26(32)23-15-29(25-22(24(23)31)11-6-12-27-25)21-10-5-9-20(14-21)19-8-4-7-18(13-19)17(3)30;1-4-32-21-11-6-9-19(15-21)18-8-5-10-20(14-18)29-16-23(26(31)28-17(2)3)24(30)22-12-7-13-27-25(22)29;1-16(2)27-25(30)22-15-28(24-21(23(22)29)8-5-13-26-24)19-7-4-6-18(14-19)17-9-11-20(31-3)12-10-17/h2-15H,1H3,(H,31,33,37);4-16H,1-3H3,(H,28,32);5-17H,4H2,1-3H3,(H,28,31);4-16H,1-3H3,(H,27,30). The molecule has 0 radical (unpaired) electrons. The number of nitrogens with zero attached hydrogens (tertiary/aromatic N) is 9. The fraction of sp³-hybridized carbons (Fsp3) is 0.133. The average Bonchev–Trinajstić information content (AvgIpc) is 0.774. The lowest BCUT2D eigenvalue weighted by atomic mass is 10.0. The molecule has 17 rings (SSSR count). The second kappa shape index (κ2) is 41.6. The third-order valence-electron chi connectivity index (χ3n) is 21.0. The number of aromatic nitrogens is 9. The maximum Gasteiger partial charge on any atom is 0.261 e. The summed E-state index contributed by atoms with van der Waals surface area (Å²) in [5, 5.41) is 12.8. The van der Waals surface area contributed by atoms with Gasteiger partial charge in [-0.2, -0.15) is 0 Å². The molecule has 0 atom stereocenters. The number of Topliss-reactive ketones (excluding diaryl/α,β-unsaturated/α-hetero) is 2. The number of carbonyl (C=O) groups excluding carboxylic acids is 6. The Labute approximate surface area is 773 Å². The number of anilines is 1. The number of ether oxygens (including phenoxy) is 1. The number of hydrogen-bond acceptors (Lipinski definition) is 17. The fourth-order valence-corrected chi connectivity index (χ4v) is 15.6. The van der Waals surface area contributed by atoms with E-state index in [9.17, 15) is 47.9 Å². The Morgan fingerprint density at radius 2 is 0.659 bits per heavy atom. The number of pyridine rings is 9. The molecule has 8 aromatic carbocycles. The summed E-state index contributed by atoms with van der Waals surface area (Å²) in [6.45, 7) is 16.8. The molecular weight excluding hydrogens is 1720 g/mol. The van der Waals surface area contributed by atoms with Gasteiger partial charge in [-0.3, -0.25) is 52.9 Å². The van der Waals surface area contributed by atoms with Crippen LogP contribution in [0.15, 0.2) is 329 Å². The van der Waals surface area contributed by atoms with E-state index in [0.717, 1.165) is 67.3 Å². The number of benzene rings is 8. The Morgan fingerprint density at radius 1 is 0.364 bits per heavy atom. The quantitative estimate of drug-likeness (QED) is 0.0384. The lowest BCUT2D eigenvalue weighted by Gasteiger charge is -2.15. The highest BCUT2D eigenvalue weighted by Gasteiger charge is 2.25. The van der Waals surface area contributed by atoms with Crippen molar-refractivity contribution in [2.75, 3.05) is 18.2 Å². The Kier molecular flexibility index (Phi) is 29.1. The number of nitrogens with one attached hydrogen (secondary N) is 4. The zero-order chi connectivity index (χ0) is 93.6. The average molecular weight is 1810 g/mol. The normalized spacial score (nSPS) is 11.0. The first-order valence-corrected chi connectivity index (χ1v) is 44.2. The molecule has 0 aliphatic heterocycles. The summed E-state index contributed by atoms with van der Waals surface area (Å²) in [6.07, 6.45) is 17.4. The minimum atomic E-state index is -0.676. The van der Waals surface area contributed by atoms with Gasteiger partial charge in [-0.05, 0) is 247 Å². The zero-order valence-corrected chi connectivity index (χ0v) is 75.8. The number of halogens is 2. The van der Waals surface area contributed by atoms with Crippen LogP contribution in [0.25, 0.3) is 111 Å². The van der Waals surface area contributed by atoms with Gasteiger partial charge in [-0.25, -0.2) is 19.9 Å². The van der Waals surface area contributed by atoms with Gasteiger partial charge in [0.15, 0.2) is 11.6 Å². The first-order chi connectivity index (χ1) is 63.6. The van der Waals surface area contributed by atoms with E-state index >= 15 is 0 Å². The SMILES string of the molecule is CC(=O)c1cccc(-c2cccc(-n3cc(C(=O)NC(C)C)c(=O)c4cccnc43)c2)c1.CC(=O)c1cccc(-c2cccc(-n3cc(C(=O)Nc4c(Cl)cncc4Cl)c(=O)c4cccnc43)c2)c1.CCOc1cccc(-c2cccc(-n3cc(C(=O)NC(C)C)c(=O)c4cccnc43)c2)c1.CSc1ccc(-c2cccc(-n3cc(C(=O)NC(C)C)c(=O)c4cccnc43)c2)cc1. The van der Waals surface area contributed by atoms with Crippen molar-refractivity contribution in [3.63, 3.8) is 0 Å². The van der Waals surface area contributed by atoms with E-state index in [-0.39, 0.29) is 95.3 Å². The Balaban J connectivity index is 0.000000142. The minimum absolute atomic E-state index is 0.000542. The molecule has 660 valence electrons. The summed E-state index contributed by atoms with van der Waals surface area (Å²) in [5.41, 5.74) is 12.6. The van der Waals surface area contributed by atoms with E-state index < -0.39 is 23.2 Å². The van der Waals surface area contributed by atoms with E-state index in [2.05, 4.69) is 76.7 Å². The van der Waals surface area contributed by atoms with Crippen LogP contribution >= 0.6 is 35.0 Å². The smallest absolute Gasteiger partial charge is 0.261 e. The predicted molar refractivity (Wildman–Crippen MR) is 524 cm³/mol. The number of thioether (sulfide) groups is 1. The van der Waals surface area contributed by atoms with Gasteiger partial charge in [0.25, 0.3) is 23.6 Å². The maximum atomic E-state index is 13.3. The van der Waals surface area contributed by atoms with E-state index in [1.165, 1.54) is 37.3 Å². The largest absolute Gasteiger partial charge is 0.494 e.